The number of rotatable bonds is 3. The fourth-order valence-electron chi connectivity index (χ4n) is 4.06. The van der Waals surface area contributed by atoms with E-state index in [0.29, 0.717) is 22.4 Å². The lowest BCUT2D eigenvalue weighted by atomic mass is 10.0. The number of anilines is 2. The van der Waals surface area contributed by atoms with E-state index in [1.165, 1.54) is 11.0 Å². The van der Waals surface area contributed by atoms with Crippen LogP contribution in [0.4, 0.5) is 11.4 Å². The van der Waals surface area contributed by atoms with Gasteiger partial charge in [0.25, 0.3) is 11.8 Å². The van der Waals surface area contributed by atoms with Crippen LogP contribution in [0.25, 0.3) is 0 Å². The highest BCUT2D eigenvalue weighted by Crippen LogP contribution is 2.45. The highest BCUT2D eigenvalue weighted by Gasteiger charge is 2.48. The maximum absolute atomic E-state index is 13.3. The molecule has 7 heteroatoms. The number of phenols is 1. The van der Waals surface area contributed by atoms with Crippen LogP contribution in [0.1, 0.15) is 32.4 Å². The summed E-state index contributed by atoms with van der Waals surface area (Å²) < 4.78 is 0. The number of amides is 3. The van der Waals surface area contributed by atoms with Gasteiger partial charge in [-0.25, -0.2) is 0 Å². The fraction of sp³-hybridized carbons (Fsp3) is 0.0870. The molecule has 2 aliphatic rings. The minimum absolute atomic E-state index is 0.0656. The number of fused-ring (bicyclic) bond motifs is 5. The predicted molar refractivity (Wildman–Crippen MR) is 110 cm³/mol. The Kier molecular flexibility index (Phi) is 4.03. The number of benzene rings is 3. The predicted octanol–water partition coefficient (Wildman–Crippen LogP) is 3.15. The van der Waals surface area contributed by atoms with E-state index in [1.54, 1.807) is 71.6 Å². The molecule has 3 amide bonds. The van der Waals surface area contributed by atoms with Gasteiger partial charge in [0.1, 0.15) is 18.5 Å². The number of phenolic OH excluding ortho intramolecular Hbond substituents is 1. The van der Waals surface area contributed by atoms with Crippen molar-refractivity contribution in [2.24, 2.45) is 0 Å². The number of carbonyl (C=O) groups excluding carboxylic acids is 3. The van der Waals surface area contributed by atoms with Crippen LogP contribution in [0.2, 0.25) is 0 Å². The zero-order chi connectivity index (χ0) is 20.8. The lowest BCUT2D eigenvalue weighted by molar-refractivity contribution is -0.117. The van der Waals surface area contributed by atoms with Crippen molar-refractivity contribution in [2.45, 2.75) is 6.17 Å². The van der Waals surface area contributed by atoms with Gasteiger partial charge in [-0.2, -0.15) is 0 Å². The van der Waals surface area contributed by atoms with E-state index in [-0.39, 0.29) is 29.8 Å². The molecule has 0 spiro atoms. The van der Waals surface area contributed by atoms with Crippen LogP contribution in [0.15, 0.2) is 72.8 Å². The third-order valence-corrected chi connectivity index (χ3v) is 5.37. The van der Waals surface area contributed by atoms with Gasteiger partial charge >= 0.3 is 0 Å². The number of carbonyl (C=O) groups is 3. The molecule has 5 rings (SSSR count). The largest absolute Gasteiger partial charge is 0.506 e. The molecule has 2 N–H and O–H groups in total. The smallest absolute Gasteiger partial charge is 0.260 e. The molecule has 0 bridgehead atoms. The van der Waals surface area contributed by atoms with Crippen molar-refractivity contribution in [3.8, 4) is 5.75 Å². The Bertz CT molecular complexity index is 1210. The van der Waals surface area contributed by atoms with Gasteiger partial charge in [-0.1, -0.05) is 42.5 Å². The lowest BCUT2D eigenvalue weighted by Gasteiger charge is -2.40. The maximum Gasteiger partial charge on any atom is 0.260 e. The number of nitrogens with one attached hydrogen (secondary N) is 1. The highest BCUT2D eigenvalue weighted by molar-refractivity contribution is 6.17. The standard InChI is InChI=1S/C23H17N3O4/c27-19-12-6-4-10-17(19)24-20(28)13-25-21-14-7-1-2-8-15(14)23(30)26(21)18-11-5-3-9-16(18)22(25)29/h1-12,21,27H,13H2,(H,24,28). The van der Waals surface area contributed by atoms with E-state index in [0.717, 1.165) is 0 Å². The topological polar surface area (TPSA) is 90.0 Å². The van der Waals surface area contributed by atoms with Gasteiger partial charge in [-0.05, 0) is 30.3 Å². The Hall–Kier alpha value is -4.13. The van der Waals surface area contributed by atoms with Crippen LogP contribution < -0.4 is 10.2 Å². The average molecular weight is 399 g/mol. The van der Waals surface area contributed by atoms with Crippen molar-refractivity contribution in [3.63, 3.8) is 0 Å². The van der Waals surface area contributed by atoms with Gasteiger partial charge in [0, 0.05) is 11.1 Å². The van der Waals surface area contributed by atoms with Gasteiger partial charge in [0.05, 0.1) is 16.9 Å². The molecule has 3 aromatic carbocycles. The first kappa shape index (κ1) is 17.9. The number of hydrogen-bond acceptors (Lipinski definition) is 4. The molecule has 0 radical (unpaired) electrons. The molecule has 30 heavy (non-hydrogen) atoms. The quantitative estimate of drug-likeness (QED) is 0.662. The first-order valence-electron chi connectivity index (χ1n) is 9.46. The Balaban J connectivity index is 1.54. The molecule has 0 saturated heterocycles. The molecule has 148 valence electrons. The molecule has 7 nitrogen and oxygen atoms in total. The molecule has 0 aromatic heterocycles. The second-order valence-electron chi connectivity index (χ2n) is 7.15. The fourth-order valence-corrected chi connectivity index (χ4v) is 4.06. The van der Waals surface area contributed by atoms with E-state index in [1.807, 2.05) is 0 Å². The summed E-state index contributed by atoms with van der Waals surface area (Å²) in [7, 11) is 0. The van der Waals surface area contributed by atoms with Crippen LogP contribution in [-0.2, 0) is 4.79 Å². The summed E-state index contributed by atoms with van der Waals surface area (Å²) in [6.07, 6.45) is -0.703. The van der Waals surface area contributed by atoms with Crippen molar-refractivity contribution in [1.82, 2.24) is 4.90 Å². The third kappa shape index (κ3) is 2.63. The molecule has 0 saturated carbocycles. The van der Waals surface area contributed by atoms with E-state index in [2.05, 4.69) is 5.32 Å². The summed E-state index contributed by atoms with van der Waals surface area (Å²) >= 11 is 0. The monoisotopic (exact) mass is 399 g/mol. The van der Waals surface area contributed by atoms with Crippen LogP contribution in [0.5, 0.6) is 5.75 Å². The molecular formula is C23H17N3O4. The zero-order valence-electron chi connectivity index (χ0n) is 15.8. The van der Waals surface area contributed by atoms with Gasteiger partial charge in [-0.15, -0.1) is 0 Å². The van der Waals surface area contributed by atoms with Gasteiger partial charge in [-0.3, -0.25) is 19.3 Å². The second kappa shape index (κ2) is 6.73. The van der Waals surface area contributed by atoms with Crippen LogP contribution in [-0.4, -0.2) is 34.3 Å². The van der Waals surface area contributed by atoms with Crippen LogP contribution in [0.3, 0.4) is 0 Å². The van der Waals surface area contributed by atoms with Gasteiger partial charge in [0.15, 0.2) is 0 Å². The Morgan fingerprint density at radius 2 is 1.53 bits per heavy atom. The van der Waals surface area contributed by atoms with E-state index >= 15 is 0 Å². The van der Waals surface area contributed by atoms with E-state index in [4.69, 9.17) is 0 Å². The summed E-state index contributed by atoms with van der Waals surface area (Å²) in [5.74, 6) is -1.07. The molecule has 3 aromatic rings. The Morgan fingerprint density at radius 1 is 0.867 bits per heavy atom. The minimum atomic E-state index is -0.703. The first-order valence-corrected chi connectivity index (χ1v) is 9.46. The summed E-state index contributed by atoms with van der Waals surface area (Å²) in [6, 6.07) is 20.4. The first-order chi connectivity index (χ1) is 14.6. The highest BCUT2D eigenvalue weighted by atomic mass is 16.3. The zero-order valence-corrected chi connectivity index (χ0v) is 15.8. The average Bonchev–Trinajstić information content (AvgIpc) is 3.06. The summed E-state index contributed by atoms with van der Waals surface area (Å²) in [5.41, 5.74) is 2.35. The SMILES string of the molecule is O=C(CN1C(=O)c2ccccc2N2C(=O)c3ccccc3C12)Nc1ccccc1O. The van der Waals surface area contributed by atoms with Crippen LogP contribution >= 0.6 is 0 Å². The van der Waals surface area contributed by atoms with E-state index in [9.17, 15) is 19.5 Å². The molecular weight excluding hydrogens is 382 g/mol. The van der Waals surface area contributed by atoms with Crippen molar-refractivity contribution < 1.29 is 19.5 Å². The summed E-state index contributed by atoms with van der Waals surface area (Å²) in [4.78, 5) is 42.1. The number of aromatic hydroxyl groups is 1. The molecule has 1 atom stereocenters. The minimum Gasteiger partial charge on any atom is -0.506 e. The number of nitrogens with zero attached hydrogens (tertiary/aromatic N) is 2. The second-order valence-corrected chi connectivity index (χ2v) is 7.15. The van der Waals surface area contributed by atoms with E-state index < -0.39 is 12.1 Å². The molecule has 2 heterocycles. The Morgan fingerprint density at radius 3 is 2.33 bits per heavy atom. The maximum atomic E-state index is 13.3. The summed E-state index contributed by atoms with van der Waals surface area (Å²) in [5, 5.41) is 12.5. The van der Waals surface area contributed by atoms with Crippen molar-refractivity contribution in [2.75, 3.05) is 16.8 Å². The van der Waals surface area contributed by atoms with Crippen molar-refractivity contribution in [3.05, 3.63) is 89.5 Å². The molecule has 0 fully saturated rings. The Labute approximate surface area is 172 Å². The molecule has 2 aliphatic heterocycles. The molecule has 0 aliphatic carbocycles. The van der Waals surface area contributed by atoms with Crippen molar-refractivity contribution in [1.29, 1.82) is 0 Å². The number of para-hydroxylation sites is 3. The number of hydrogen-bond donors (Lipinski definition) is 2. The normalized spacial score (nSPS) is 16.7. The third-order valence-electron chi connectivity index (χ3n) is 5.37. The van der Waals surface area contributed by atoms with Gasteiger partial charge < -0.3 is 15.3 Å². The molecule has 1 unspecified atom stereocenters. The summed E-state index contributed by atoms with van der Waals surface area (Å²) in [6.45, 7) is -0.274. The van der Waals surface area contributed by atoms with Crippen molar-refractivity contribution >= 4 is 29.1 Å². The lowest BCUT2D eigenvalue weighted by Crippen LogP contribution is -2.50. The van der Waals surface area contributed by atoms with Gasteiger partial charge in [0.2, 0.25) is 5.91 Å². The van der Waals surface area contributed by atoms with Crippen LogP contribution in [0, 0.1) is 0 Å².